The molecule has 0 aliphatic rings. The second-order valence-electron chi connectivity index (χ2n) is 7.90. The first-order valence-electron chi connectivity index (χ1n) is 10.5. The van der Waals surface area contributed by atoms with E-state index in [1.807, 2.05) is 49.4 Å². The normalized spacial score (nSPS) is 11.5. The second-order valence-corrected chi connectivity index (χ2v) is 7.90. The number of nitro groups is 1. The van der Waals surface area contributed by atoms with Crippen LogP contribution in [0.3, 0.4) is 0 Å². The van der Waals surface area contributed by atoms with Crippen molar-refractivity contribution in [3.8, 4) is 11.3 Å². The number of benzene rings is 3. The summed E-state index contributed by atoms with van der Waals surface area (Å²) >= 11 is 0. The summed E-state index contributed by atoms with van der Waals surface area (Å²) in [6, 6.07) is 20.0. The van der Waals surface area contributed by atoms with Gasteiger partial charge in [0.05, 0.1) is 11.1 Å². The van der Waals surface area contributed by atoms with Gasteiger partial charge in [-0.05, 0) is 60.5 Å². The maximum Gasteiger partial charge on any atom is 0.307 e. The molecule has 0 unspecified atom stereocenters. The summed E-state index contributed by atoms with van der Waals surface area (Å²) in [5.41, 5.74) is 5.08. The summed E-state index contributed by atoms with van der Waals surface area (Å²) < 4.78 is 11.4. The van der Waals surface area contributed by atoms with Gasteiger partial charge in [0.2, 0.25) is 0 Å². The first-order chi connectivity index (χ1) is 16.4. The molecule has 34 heavy (non-hydrogen) atoms. The molecule has 0 aliphatic heterocycles. The minimum absolute atomic E-state index is 0.0347. The van der Waals surface area contributed by atoms with Crippen LogP contribution >= 0.6 is 0 Å². The Labute approximate surface area is 193 Å². The highest BCUT2D eigenvalue weighted by Crippen LogP contribution is 2.31. The van der Waals surface area contributed by atoms with Crippen LogP contribution in [0, 0.1) is 24.0 Å². The van der Waals surface area contributed by atoms with Crippen molar-refractivity contribution in [1.29, 1.82) is 0 Å². The van der Waals surface area contributed by atoms with Crippen LogP contribution in [-0.2, 0) is 0 Å². The molecule has 8 nitrogen and oxygen atoms in total. The summed E-state index contributed by atoms with van der Waals surface area (Å²) in [5, 5.41) is 18.2. The smallest absolute Gasteiger partial charge is 0.307 e. The largest absolute Gasteiger partial charge is 0.455 e. The molecule has 3 aromatic carbocycles. The number of nitro benzene ring substituents is 1. The Kier molecular flexibility index (Phi) is 5.18. The van der Waals surface area contributed by atoms with Crippen LogP contribution in [0.15, 0.2) is 80.7 Å². The number of carbonyl (C=O) groups is 1. The van der Waals surface area contributed by atoms with Crippen molar-refractivity contribution in [3.63, 3.8) is 0 Å². The number of furan rings is 2. The molecule has 0 bridgehead atoms. The van der Waals surface area contributed by atoms with Gasteiger partial charge in [-0.2, -0.15) is 5.10 Å². The zero-order valence-electron chi connectivity index (χ0n) is 18.4. The Hall–Kier alpha value is -4.72. The Morgan fingerprint density at radius 1 is 1.00 bits per heavy atom. The van der Waals surface area contributed by atoms with Gasteiger partial charge in [0.1, 0.15) is 17.1 Å². The predicted octanol–water partition coefficient (Wildman–Crippen LogP) is 6.13. The van der Waals surface area contributed by atoms with Gasteiger partial charge in [0.15, 0.2) is 5.76 Å². The van der Waals surface area contributed by atoms with Crippen LogP contribution in [0.4, 0.5) is 5.69 Å². The number of carbonyl (C=O) groups excluding carboxylic acids is 1. The molecule has 0 spiro atoms. The Bertz CT molecular complexity index is 1610. The first kappa shape index (κ1) is 21.1. The number of nitrogens with one attached hydrogen (secondary N) is 1. The Morgan fingerprint density at radius 3 is 2.65 bits per heavy atom. The molecule has 8 heteroatoms. The Balaban J connectivity index is 1.33. The molecular formula is C26H19N3O5. The lowest BCUT2D eigenvalue weighted by atomic mass is 10.0. The zero-order chi connectivity index (χ0) is 23.8. The fourth-order valence-electron chi connectivity index (χ4n) is 3.86. The SMILES string of the molecule is Cc1cc(-c2ccc(/C=N\NC(=O)c3cc4c(ccc5ccccc54)o3)o2)cc([N+](=O)[O-])c1C. The molecule has 1 amide bonds. The van der Waals surface area contributed by atoms with Crippen LogP contribution in [0.25, 0.3) is 33.1 Å². The maximum absolute atomic E-state index is 12.5. The van der Waals surface area contributed by atoms with E-state index in [4.69, 9.17) is 8.83 Å². The van der Waals surface area contributed by atoms with Gasteiger partial charge in [-0.25, -0.2) is 5.43 Å². The lowest BCUT2D eigenvalue weighted by Gasteiger charge is -2.04. The predicted molar refractivity (Wildman–Crippen MR) is 129 cm³/mol. The van der Waals surface area contributed by atoms with E-state index in [9.17, 15) is 14.9 Å². The zero-order valence-corrected chi connectivity index (χ0v) is 18.4. The number of hydrazone groups is 1. The summed E-state index contributed by atoms with van der Waals surface area (Å²) in [6.45, 7) is 3.53. The fraction of sp³-hybridized carbons (Fsp3) is 0.0769. The highest BCUT2D eigenvalue weighted by molar-refractivity contribution is 6.08. The Morgan fingerprint density at radius 2 is 1.82 bits per heavy atom. The number of amides is 1. The molecular weight excluding hydrogens is 434 g/mol. The van der Waals surface area contributed by atoms with Gasteiger partial charge in [-0.3, -0.25) is 14.9 Å². The van der Waals surface area contributed by atoms with Gasteiger partial charge in [-0.1, -0.05) is 30.3 Å². The van der Waals surface area contributed by atoms with Crippen LogP contribution in [0.5, 0.6) is 0 Å². The van der Waals surface area contributed by atoms with Crippen molar-refractivity contribution in [3.05, 3.63) is 99.5 Å². The second kappa shape index (κ2) is 8.32. The molecule has 0 fully saturated rings. The first-order valence-corrected chi connectivity index (χ1v) is 10.5. The van der Waals surface area contributed by atoms with Gasteiger partial charge < -0.3 is 8.83 Å². The van der Waals surface area contributed by atoms with E-state index in [-0.39, 0.29) is 11.4 Å². The van der Waals surface area contributed by atoms with Crippen molar-refractivity contribution in [1.82, 2.24) is 5.43 Å². The third-order valence-corrected chi connectivity index (χ3v) is 5.76. The summed E-state index contributed by atoms with van der Waals surface area (Å²) in [7, 11) is 0. The summed E-state index contributed by atoms with van der Waals surface area (Å²) in [6.07, 6.45) is 1.36. The molecule has 2 aromatic heterocycles. The molecule has 1 N–H and O–H groups in total. The summed E-state index contributed by atoms with van der Waals surface area (Å²) in [4.78, 5) is 23.4. The van der Waals surface area contributed by atoms with Gasteiger partial charge in [0.25, 0.3) is 5.69 Å². The topological polar surface area (TPSA) is 111 Å². The van der Waals surface area contributed by atoms with Crippen molar-refractivity contribution in [2.45, 2.75) is 13.8 Å². The van der Waals surface area contributed by atoms with E-state index in [0.717, 1.165) is 21.7 Å². The minimum atomic E-state index is -0.493. The molecule has 0 atom stereocenters. The van der Waals surface area contributed by atoms with Crippen LogP contribution in [-0.4, -0.2) is 17.0 Å². The number of fused-ring (bicyclic) bond motifs is 3. The van der Waals surface area contributed by atoms with E-state index in [0.29, 0.717) is 28.2 Å². The van der Waals surface area contributed by atoms with Gasteiger partial charge in [-0.15, -0.1) is 0 Å². The molecule has 0 saturated carbocycles. The molecule has 0 radical (unpaired) electrons. The lowest BCUT2D eigenvalue weighted by molar-refractivity contribution is -0.385. The van der Waals surface area contributed by atoms with Crippen LogP contribution in [0.1, 0.15) is 27.4 Å². The highest BCUT2D eigenvalue weighted by Gasteiger charge is 2.17. The van der Waals surface area contributed by atoms with Crippen molar-refractivity contribution < 1.29 is 18.6 Å². The molecule has 2 heterocycles. The maximum atomic E-state index is 12.5. The average molecular weight is 453 g/mol. The van der Waals surface area contributed by atoms with E-state index in [1.54, 1.807) is 25.1 Å². The monoisotopic (exact) mass is 453 g/mol. The molecule has 5 rings (SSSR count). The fourth-order valence-corrected chi connectivity index (χ4v) is 3.86. The van der Waals surface area contributed by atoms with Crippen LogP contribution in [0.2, 0.25) is 0 Å². The molecule has 5 aromatic rings. The lowest BCUT2D eigenvalue weighted by Crippen LogP contribution is -2.16. The number of aryl methyl sites for hydroxylation is 1. The van der Waals surface area contributed by atoms with E-state index in [2.05, 4.69) is 10.5 Å². The van der Waals surface area contributed by atoms with Crippen LogP contribution < -0.4 is 5.43 Å². The standard InChI is InChI=1S/C26H19N3O5/c1-15-11-18(12-22(16(15)2)29(31)32)23-10-8-19(33-23)14-27-28-26(30)25-13-21-20-6-4-3-5-17(20)7-9-24(21)34-25/h3-14H,1-2H3,(H,28,30)/b27-14-. The minimum Gasteiger partial charge on any atom is -0.455 e. The van der Waals surface area contributed by atoms with Crippen molar-refractivity contribution in [2.24, 2.45) is 5.10 Å². The number of rotatable bonds is 5. The number of hydrogen-bond acceptors (Lipinski definition) is 6. The van der Waals surface area contributed by atoms with Crippen molar-refractivity contribution in [2.75, 3.05) is 0 Å². The van der Waals surface area contributed by atoms with E-state index in [1.165, 1.54) is 12.3 Å². The van der Waals surface area contributed by atoms with E-state index < -0.39 is 10.8 Å². The molecule has 168 valence electrons. The average Bonchev–Trinajstić information content (AvgIpc) is 3.48. The van der Waals surface area contributed by atoms with Gasteiger partial charge >= 0.3 is 5.91 Å². The quantitative estimate of drug-likeness (QED) is 0.195. The number of nitrogens with zero attached hydrogens (tertiary/aromatic N) is 2. The van der Waals surface area contributed by atoms with E-state index >= 15 is 0 Å². The number of hydrogen-bond donors (Lipinski definition) is 1. The van der Waals surface area contributed by atoms with Crippen molar-refractivity contribution >= 4 is 39.6 Å². The van der Waals surface area contributed by atoms with Gasteiger partial charge in [0, 0.05) is 22.6 Å². The highest BCUT2D eigenvalue weighted by atomic mass is 16.6. The molecule has 0 aliphatic carbocycles. The third kappa shape index (κ3) is 3.81. The third-order valence-electron chi connectivity index (χ3n) is 5.76. The summed E-state index contributed by atoms with van der Waals surface area (Å²) in [5.74, 6) is 0.495. The molecule has 0 saturated heterocycles.